The highest BCUT2D eigenvalue weighted by Crippen LogP contribution is 2.28. The van der Waals surface area contributed by atoms with E-state index in [1.165, 1.54) is 4.90 Å². The number of nitrogens with zero attached hydrogens (tertiary/aromatic N) is 3. The van der Waals surface area contributed by atoms with Crippen molar-refractivity contribution in [2.24, 2.45) is 0 Å². The molecule has 2 bridgehead atoms. The Balaban J connectivity index is 1.62. The number of hydrogen-bond donors (Lipinski definition) is 1. The van der Waals surface area contributed by atoms with Crippen molar-refractivity contribution in [2.45, 2.75) is 6.42 Å². The number of sulfonamides is 1. The van der Waals surface area contributed by atoms with E-state index < -0.39 is 10.0 Å². The van der Waals surface area contributed by atoms with E-state index in [1.807, 2.05) is 30.3 Å². The van der Waals surface area contributed by atoms with Gasteiger partial charge in [-0.2, -0.15) is 0 Å². The predicted molar refractivity (Wildman–Crippen MR) is 141 cm³/mol. The van der Waals surface area contributed by atoms with Crippen LogP contribution in [0.15, 0.2) is 42.5 Å². The van der Waals surface area contributed by atoms with Gasteiger partial charge in [-0.3, -0.25) is 9.59 Å². The molecule has 0 aliphatic carbocycles. The minimum absolute atomic E-state index is 0.140. The molecular weight excluding hydrogens is 496 g/mol. The maximum Gasteiger partial charge on any atom is 0.253 e. The van der Waals surface area contributed by atoms with Gasteiger partial charge in [-0.25, -0.2) is 13.1 Å². The number of carbonyl (C=O) groups excluding carboxylic acids is 2. The second kappa shape index (κ2) is 11.9. The van der Waals surface area contributed by atoms with E-state index in [0.717, 1.165) is 36.2 Å². The molecule has 10 nitrogen and oxygen atoms in total. The summed E-state index contributed by atoms with van der Waals surface area (Å²) >= 11 is 0. The van der Waals surface area contributed by atoms with Crippen LogP contribution in [0, 0.1) is 0 Å². The predicted octanol–water partition coefficient (Wildman–Crippen LogP) is 0.956. The number of amides is 2. The molecule has 2 aromatic carbocycles. The summed E-state index contributed by atoms with van der Waals surface area (Å²) in [6.45, 7) is 3.67. The summed E-state index contributed by atoms with van der Waals surface area (Å²) in [5.41, 5.74) is 3.64. The van der Waals surface area contributed by atoms with Crippen LogP contribution < -0.4 is 14.4 Å². The average Bonchev–Trinajstić information content (AvgIpc) is 2.89. The third-order valence-corrected chi connectivity index (χ3v) is 7.17. The van der Waals surface area contributed by atoms with Gasteiger partial charge in [-0.05, 0) is 35.9 Å². The first kappa shape index (κ1) is 26.9. The smallest absolute Gasteiger partial charge is 0.253 e. The van der Waals surface area contributed by atoms with Crippen molar-refractivity contribution in [3.63, 3.8) is 0 Å². The number of morpholine rings is 1. The third kappa shape index (κ3) is 7.43. The molecule has 1 N–H and O–H groups in total. The van der Waals surface area contributed by atoms with Crippen molar-refractivity contribution in [1.29, 1.82) is 0 Å². The molecule has 0 unspecified atom stereocenters. The number of fused-ring (bicyclic) bond motifs is 3. The van der Waals surface area contributed by atoms with Gasteiger partial charge in [0.25, 0.3) is 5.91 Å². The van der Waals surface area contributed by atoms with Crippen molar-refractivity contribution in [2.75, 3.05) is 77.3 Å². The first-order chi connectivity index (χ1) is 17.7. The van der Waals surface area contributed by atoms with Gasteiger partial charge in [0.05, 0.1) is 32.6 Å². The Bertz CT molecular complexity index is 1230. The van der Waals surface area contributed by atoms with Gasteiger partial charge in [0.2, 0.25) is 15.9 Å². The van der Waals surface area contributed by atoms with E-state index in [1.54, 1.807) is 18.0 Å². The highest BCUT2D eigenvalue weighted by atomic mass is 32.2. The fourth-order valence-corrected chi connectivity index (χ4v) is 4.81. The van der Waals surface area contributed by atoms with Crippen LogP contribution in [-0.2, 0) is 26.0 Å². The van der Waals surface area contributed by atoms with Crippen molar-refractivity contribution < 1.29 is 27.5 Å². The van der Waals surface area contributed by atoms with Crippen LogP contribution in [0.3, 0.4) is 0 Å². The van der Waals surface area contributed by atoms with Crippen LogP contribution >= 0.6 is 0 Å². The highest BCUT2D eigenvalue weighted by molar-refractivity contribution is 7.88. The molecule has 37 heavy (non-hydrogen) atoms. The maximum absolute atomic E-state index is 13.1. The molecule has 4 rings (SSSR count). The van der Waals surface area contributed by atoms with Gasteiger partial charge in [0.15, 0.2) is 0 Å². The lowest BCUT2D eigenvalue weighted by Gasteiger charge is -2.30. The van der Waals surface area contributed by atoms with Crippen LogP contribution in [0.25, 0.3) is 0 Å². The summed E-state index contributed by atoms with van der Waals surface area (Å²) < 4.78 is 36.9. The van der Waals surface area contributed by atoms with Gasteiger partial charge in [-0.1, -0.05) is 12.1 Å². The lowest BCUT2D eigenvalue weighted by atomic mass is 10.0. The molecule has 200 valence electrons. The zero-order chi connectivity index (χ0) is 26.4. The summed E-state index contributed by atoms with van der Waals surface area (Å²) in [6.07, 6.45) is 1.59. The number of carbonyl (C=O) groups is 2. The third-order valence-electron chi connectivity index (χ3n) is 6.50. The molecule has 2 amide bonds. The SMILES string of the molecule is CN1CCN(C(=O)CNS(C)(=O)=O)CCOc2ccc(N3CCOCC3)cc2Cc2cccc(c2)C1=O. The van der Waals surface area contributed by atoms with Crippen molar-refractivity contribution >= 4 is 27.5 Å². The molecule has 0 aromatic heterocycles. The molecule has 0 spiro atoms. The molecule has 2 aromatic rings. The topological polar surface area (TPSA) is 108 Å². The Morgan fingerprint density at radius 2 is 1.78 bits per heavy atom. The number of anilines is 1. The average molecular weight is 531 g/mol. The van der Waals surface area contributed by atoms with Crippen molar-refractivity contribution in [1.82, 2.24) is 14.5 Å². The van der Waals surface area contributed by atoms with E-state index in [-0.39, 0.29) is 38.1 Å². The molecule has 1 fully saturated rings. The number of hydrogen-bond acceptors (Lipinski definition) is 7. The monoisotopic (exact) mass is 530 g/mol. The van der Waals surface area contributed by atoms with Gasteiger partial charge >= 0.3 is 0 Å². The van der Waals surface area contributed by atoms with Crippen LogP contribution in [-0.4, -0.2) is 102 Å². The molecule has 0 atom stereocenters. The van der Waals surface area contributed by atoms with Gasteiger partial charge in [0.1, 0.15) is 12.4 Å². The first-order valence-corrected chi connectivity index (χ1v) is 14.2. The molecule has 0 radical (unpaired) electrons. The molecular formula is C26H34N4O6S. The summed E-state index contributed by atoms with van der Waals surface area (Å²) in [5, 5.41) is 0. The first-order valence-electron chi connectivity index (χ1n) is 12.3. The number of ether oxygens (including phenoxy) is 2. The molecule has 1 saturated heterocycles. The minimum Gasteiger partial charge on any atom is -0.491 e. The number of rotatable bonds is 4. The van der Waals surface area contributed by atoms with E-state index in [0.29, 0.717) is 37.5 Å². The Kier molecular flexibility index (Phi) is 8.67. The Morgan fingerprint density at radius 3 is 2.54 bits per heavy atom. The molecule has 2 heterocycles. The van der Waals surface area contributed by atoms with E-state index in [2.05, 4.69) is 15.7 Å². The number of nitrogens with one attached hydrogen (secondary N) is 1. The van der Waals surface area contributed by atoms with Crippen molar-refractivity contribution in [3.8, 4) is 5.75 Å². The van der Waals surface area contributed by atoms with Gasteiger partial charge < -0.3 is 24.2 Å². The minimum atomic E-state index is -3.51. The van der Waals surface area contributed by atoms with Crippen LogP contribution in [0.5, 0.6) is 5.75 Å². The standard InChI is InChI=1S/C26H34N4O6S/c1-28-8-9-30(25(31)19-27-37(2,33)34)12-15-36-24-7-6-23(29-10-13-35-14-11-29)18-22(24)17-20-4-3-5-21(16-20)26(28)32/h3-7,16,18,27H,8-15,17,19H2,1-2H3. The lowest BCUT2D eigenvalue weighted by Crippen LogP contribution is -2.45. The maximum atomic E-state index is 13.1. The Morgan fingerprint density at radius 1 is 1.00 bits per heavy atom. The summed E-state index contributed by atoms with van der Waals surface area (Å²) in [7, 11) is -1.82. The fourth-order valence-electron chi connectivity index (χ4n) is 4.42. The Labute approximate surface area is 218 Å². The quantitative estimate of drug-likeness (QED) is 0.627. The van der Waals surface area contributed by atoms with Crippen LogP contribution in [0.1, 0.15) is 21.5 Å². The largest absolute Gasteiger partial charge is 0.491 e. The second-order valence-corrected chi connectivity index (χ2v) is 11.2. The molecule has 2 aliphatic rings. The summed E-state index contributed by atoms with van der Waals surface area (Å²) in [6, 6.07) is 13.7. The van der Waals surface area contributed by atoms with Gasteiger partial charge in [0, 0.05) is 56.5 Å². The van der Waals surface area contributed by atoms with Gasteiger partial charge in [-0.15, -0.1) is 0 Å². The second-order valence-electron chi connectivity index (χ2n) is 9.32. The van der Waals surface area contributed by atoms with E-state index >= 15 is 0 Å². The van der Waals surface area contributed by atoms with Crippen LogP contribution in [0.4, 0.5) is 5.69 Å². The van der Waals surface area contributed by atoms with E-state index in [9.17, 15) is 18.0 Å². The molecule has 2 aliphatic heterocycles. The summed E-state index contributed by atoms with van der Waals surface area (Å²) in [5.74, 6) is 0.190. The zero-order valence-electron chi connectivity index (χ0n) is 21.3. The van der Waals surface area contributed by atoms with Crippen LogP contribution in [0.2, 0.25) is 0 Å². The zero-order valence-corrected chi connectivity index (χ0v) is 22.1. The number of likely N-dealkylation sites (N-methyl/N-ethyl adjacent to an activating group) is 1. The lowest BCUT2D eigenvalue weighted by molar-refractivity contribution is -0.130. The highest BCUT2D eigenvalue weighted by Gasteiger charge is 2.20. The number of benzene rings is 2. The fraction of sp³-hybridized carbons (Fsp3) is 0.462. The normalized spacial score (nSPS) is 17.6. The van der Waals surface area contributed by atoms with E-state index in [4.69, 9.17) is 9.47 Å². The molecule has 11 heteroatoms. The van der Waals surface area contributed by atoms with Crippen molar-refractivity contribution in [3.05, 3.63) is 59.2 Å². The molecule has 0 saturated carbocycles. The Hall–Kier alpha value is -3.15. The summed E-state index contributed by atoms with van der Waals surface area (Å²) in [4.78, 5) is 31.3.